The summed E-state index contributed by atoms with van der Waals surface area (Å²) in [6.45, 7) is 7.81. The zero-order valence-corrected chi connectivity index (χ0v) is 14.7. The SMILES string of the molecule is C=CCn1c(SC(C)c2c(F)cccc2F)nnc1-c1ccoc1C. The highest BCUT2D eigenvalue weighted by molar-refractivity contribution is 7.99. The van der Waals surface area contributed by atoms with Gasteiger partial charge in [-0.3, -0.25) is 4.57 Å². The Morgan fingerprint density at radius 3 is 2.60 bits per heavy atom. The van der Waals surface area contributed by atoms with Crippen LogP contribution < -0.4 is 0 Å². The number of rotatable bonds is 6. The summed E-state index contributed by atoms with van der Waals surface area (Å²) in [7, 11) is 0. The highest BCUT2D eigenvalue weighted by Crippen LogP contribution is 2.38. The Balaban J connectivity index is 1.97. The number of hydrogen-bond acceptors (Lipinski definition) is 4. The fourth-order valence-corrected chi connectivity index (χ4v) is 3.64. The van der Waals surface area contributed by atoms with Gasteiger partial charge in [-0.2, -0.15) is 0 Å². The van der Waals surface area contributed by atoms with Crippen LogP contribution in [-0.2, 0) is 6.54 Å². The van der Waals surface area contributed by atoms with E-state index in [0.29, 0.717) is 17.5 Å². The molecule has 7 heteroatoms. The van der Waals surface area contributed by atoms with Gasteiger partial charge in [0.05, 0.1) is 11.8 Å². The molecule has 3 rings (SSSR count). The zero-order chi connectivity index (χ0) is 18.0. The lowest BCUT2D eigenvalue weighted by Crippen LogP contribution is -2.03. The van der Waals surface area contributed by atoms with Crippen molar-refractivity contribution in [1.82, 2.24) is 14.8 Å². The summed E-state index contributed by atoms with van der Waals surface area (Å²) in [6.07, 6.45) is 3.31. The first-order chi connectivity index (χ1) is 12.0. The third-order valence-corrected chi connectivity index (χ3v) is 4.92. The fraction of sp³-hybridized carbons (Fsp3) is 0.222. The predicted molar refractivity (Wildman–Crippen MR) is 93.3 cm³/mol. The molecule has 0 amide bonds. The summed E-state index contributed by atoms with van der Waals surface area (Å²) >= 11 is 1.25. The van der Waals surface area contributed by atoms with Crippen LogP contribution in [0.5, 0.6) is 0 Å². The van der Waals surface area contributed by atoms with Crippen LogP contribution in [-0.4, -0.2) is 14.8 Å². The number of benzene rings is 1. The van der Waals surface area contributed by atoms with E-state index in [1.807, 2.05) is 17.6 Å². The van der Waals surface area contributed by atoms with Gasteiger partial charge in [0.25, 0.3) is 0 Å². The molecule has 1 unspecified atom stereocenters. The molecule has 0 radical (unpaired) electrons. The van der Waals surface area contributed by atoms with E-state index < -0.39 is 16.9 Å². The number of allylic oxidation sites excluding steroid dienone is 1. The van der Waals surface area contributed by atoms with E-state index in [1.165, 1.54) is 30.0 Å². The number of aryl methyl sites for hydroxylation is 1. The van der Waals surface area contributed by atoms with Crippen LogP contribution >= 0.6 is 11.8 Å². The van der Waals surface area contributed by atoms with Gasteiger partial charge in [-0.25, -0.2) is 8.78 Å². The first kappa shape index (κ1) is 17.4. The van der Waals surface area contributed by atoms with Crippen LogP contribution in [0.3, 0.4) is 0 Å². The van der Waals surface area contributed by atoms with Gasteiger partial charge in [0.15, 0.2) is 11.0 Å². The Labute approximate surface area is 148 Å². The monoisotopic (exact) mass is 361 g/mol. The zero-order valence-electron chi connectivity index (χ0n) is 13.9. The van der Waals surface area contributed by atoms with Crippen LogP contribution in [0.15, 0.2) is 52.8 Å². The summed E-state index contributed by atoms with van der Waals surface area (Å²) in [5, 5.41) is 8.52. The fourth-order valence-electron chi connectivity index (χ4n) is 2.60. The molecular weight excluding hydrogens is 344 g/mol. The van der Waals surface area contributed by atoms with Crippen molar-refractivity contribution in [2.45, 2.75) is 30.8 Å². The van der Waals surface area contributed by atoms with E-state index in [-0.39, 0.29) is 5.56 Å². The average Bonchev–Trinajstić information content (AvgIpc) is 3.14. The molecule has 0 bridgehead atoms. The van der Waals surface area contributed by atoms with E-state index in [2.05, 4.69) is 16.8 Å². The van der Waals surface area contributed by atoms with E-state index >= 15 is 0 Å². The van der Waals surface area contributed by atoms with Gasteiger partial charge in [0.2, 0.25) is 0 Å². The third kappa shape index (κ3) is 3.37. The number of furan rings is 1. The molecule has 0 fully saturated rings. The second kappa shape index (κ2) is 7.23. The van der Waals surface area contributed by atoms with Crippen molar-refractivity contribution in [3.63, 3.8) is 0 Å². The maximum atomic E-state index is 14.0. The van der Waals surface area contributed by atoms with E-state index in [4.69, 9.17) is 4.42 Å². The quantitative estimate of drug-likeness (QED) is 0.449. The standard InChI is InChI=1S/C18H17F2N3OS/c1-4-9-23-17(13-8-10-24-11(13)2)21-22-18(23)25-12(3)16-14(19)6-5-7-15(16)20/h4-8,10,12H,1,9H2,2-3H3. The van der Waals surface area contributed by atoms with Crippen molar-refractivity contribution in [3.05, 3.63) is 66.1 Å². The van der Waals surface area contributed by atoms with Gasteiger partial charge >= 0.3 is 0 Å². The highest BCUT2D eigenvalue weighted by atomic mass is 32.2. The molecule has 1 atom stereocenters. The van der Waals surface area contributed by atoms with Crippen LogP contribution in [0, 0.1) is 18.6 Å². The second-order valence-electron chi connectivity index (χ2n) is 5.49. The Morgan fingerprint density at radius 2 is 2.00 bits per heavy atom. The maximum Gasteiger partial charge on any atom is 0.192 e. The predicted octanol–water partition coefficient (Wildman–Crippen LogP) is 5.16. The minimum absolute atomic E-state index is 0.0293. The largest absolute Gasteiger partial charge is 0.469 e. The van der Waals surface area contributed by atoms with Crippen LogP contribution in [0.4, 0.5) is 8.78 Å². The highest BCUT2D eigenvalue weighted by Gasteiger charge is 2.22. The van der Waals surface area contributed by atoms with Crippen LogP contribution in [0.25, 0.3) is 11.4 Å². The van der Waals surface area contributed by atoms with Gasteiger partial charge in [-0.05, 0) is 32.0 Å². The Hall–Kier alpha value is -2.41. The summed E-state index contributed by atoms with van der Waals surface area (Å²) in [5.41, 5.74) is 0.854. The number of aromatic nitrogens is 3. The van der Waals surface area contributed by atoms with Crippen molar-refractivity contribution in [1.29, 1.82) is 0 Å². The Morgan fingerprint density at radius 1 is 1.28 bits per heavy atom. The van der Waals surface area contributed by atoms with E-state index in [9.17, 15) is 8.78 Å². The lowest BCUT2D eigenvalue weighted by Gasteiger charge is -2.14. The van der Waals surface area contributed by atoms with Gasteiger partial charge in [-0.15, -0.1) is 16.8 Å². The molecule has 1 aromatic carbocycles. The lowest BCUT2D eigenvalue weighted by atomic mass is 10.1. The summed E-state index contributed by atoms with van der Waals surface area (Å²) in [4.78, 5) is 0. The molecule has 0 aliphatic heterocycles. The third-order valence-electron chi connectivity index (χ3n) is 3.82. The molecule has 0 aliphatic carbocycles. The lowest BCUT2D eigenvalue weighted by molar-refractivity contribution is 0.534. The molecule has 3 aromatic rings. The van der Waals surface area contributed by atoms with Crippen molar-refractivity contribution in [2.24, 2.45) is 0 Å². The van der Waals surface area contributed by atoms with Crippen molar-refractivity contribution in [2.75, 3.05) is 0 Å². The van der Waals surface area contributed by atoms with E-state index in [1.54, 1.807) is 19.3 Å². The summed E-state index contributed by atoms with van der Waals surface area (Å²) in [5.74, 6) is 0.221. The molecule has 25 heavy (non-hydrogen) atoms. The van der Waals surface area contributed by atoms with Crippen molar-refractivity contribution < 1.29 is 13.2 Å². The van der Waals surface area contributed by atoms with Crippen molar-refractivity contribution >= 4 is 11.8 Å². The molecule has 4 nitrogen and oxygen atoms in total. The average molecular weight is 361 g/mol. The number of hydrogen-bond donors (Lipinski definition) is 0. The van der Waals surface area contributed by atoms with Crippen molar-refractivity contribution in [3.8, 4) is 11.4 Å². The smallest absolute Gasteiger partial charge is 0.192 e. The Kier molecular flexibility index (Phi) is 5.03. The first-order valence-corrected chi connectivity index (χ1v) is 8.60. The van der Waals surface area contributed by atoms with Gasteiger partial charge < -0.3 is 4.42 Å². The molecule has 130 valence electrons. The second-order valence-corrected chi connectivity index (χ2v) is 6.80. The van der Waals surface area contributed by atoms with Gasteiger partial charge in [0.1, 0.15) is 17.4 Å². The summed E-state index contributed by atoms with van der Waals surface area (Å²) in [6, 6.07) is 5.67. The van der Waals surface area contributed by atoms with Crippen LogP contribution in [0.2, 0.25) is 0 Å². The number of thioether (sulfide) groups is 1. The van der Waals surface area contributed by atoms with Gasteiger partial charge in [0, 0.05) is 17.4 Å². The number of nitrogens with zero attached hydrogens (tertiary/aromatic N) is 3. The molecule has 0 spiro atoms. The molecule has 2 aromatic heterocycles. The molecule has 0 N–H and O–H groups in total. The minimum Gasteiger partial charge on any atom is -0.469 e. The topological polar surface area (TPSA) is 43.9 Å². The normalized spacial score (nSPS) is 12.3. The minimum atomic E-state index is -0.569. The maximum absolute atomic E-state index is 14.0. The van der Waals surface area contributed by atoms with Gasteiger partial charge in [-0.1, -0.05) is 23.9 Å². The molecule has 0 saturated heterocycles. The molecular formula is C18H17F2N3OS. The summed E-state index contributed by atoms with van der Waals surface area (Å²) < 4.78 is 35.2. The molecule has 0 aliphatic rings. The molecule has 2 heterocycles. The van der Waals surface area contributed by atoms with Crippen LogP contribution in [0.1, 0.15) is 23.5 Å². The molecule has 0 saturated carbocycles. The van der Waals surface area contributed by atoms with E-state index in [0.717, 1.165) is 11.3 Å². The number of halogens is 2. The Bertz CT molecular complexity index is 883. The first-order valence-electron chi connectivity index (χ1n) is 7.72.